The van der Waals surface area contributed by atoms with Gasteiger partial charge in [-0.3, -0.25) is 19.2 Å². The van der Waals surface area contributed by atoms with Crippen LogP contribution in [-0.2, 0) is 20.0 Å². The normalized spacial score (nSPS) is 17.3. The summed E-state index contributed by atoms with van der Waals surface area (Å²) in [6.07, 6.45) is 4.43. The lowest BCUT2D eigenvalue weighted by Gasteiger charge is -2.31. The van der Waals surface area contributed by atoms with Crippen LogP contribution in [0.15, 0.2) is 24.3 Å². The Kier molecular flexibility index (Phi) is 11.8. The maximum Gasteiger partial charge on any atom is 0.339 e. The fourth-order valence-electron chi connectivity index (χ4n) is 4.26. The maximum atomic E-state index is 13.5. The number of benzene rings is 1. The van der Waals surface area contributed by atoms with E-state index < -0.39 is 19.6 Å². The van der Waals surface area contributed by atoms with E-state index in [1.54, 1.807) is 25.9 Å². The lowest BCUT2D eigenvalue weighted by Crippen LogP contribution is -2.44. The van der Waals surface area contributed by atoms with Gasteiger partial charge in [-0.15, -0.1) is 0 Å². The summed E-state index contributed by atoms with van der Waals surface area (Å²) < 4.78 is 27.0. The quantitative estimate of drug-likeness (QED) is 0.327. The van der Waals surface area contributed by atoms with E-state index in [4.69, 9.17) is 9.79 Å². The fourth-order valence-corrected chi connectivity index (χ4v) is 4.63. The second kappa shape index (κ2) is 14.3. The minimum absolute atomic E-state index is 0.0919. The molecule has 39 heavy (non-hydrogen) atoms. The molecule has 1 aromatic carbocycles. The molecule has 0 spiro atoms. The number of carbonyl (C=O) groups excluding carboxylic acids is 4. The smallest absolute Gasteiger partial charge is 0.339 e. The van der Waals surface area contributed by atoms with Crippen LogP contribution in [0.2, 0.25) is 0 Å². The molecular formula is C25H36F2N5O6P. The molecule has 4 rings (SSSR count). The van der Waals surface area contributed by atoms with Gasteiger partial charge in [0.15, 0.2) is 0 Å². The number of alkyl halides is 2. The van der Waals surface area contributed by atoms with Crippen molar-refractivity contribution >= 4 is 43.4 Å². The largest absolute Gasteiger partial charge is 0.354 e. The van der Waals surface area contributed by atoms with Gasteiger partial charge in [0.1, 0.15) is 5.69 Å². The molecular weight excluding hydrogens is 535 g/mol. The first-order valence-electron chi connectivity index (χ1n) is 12.4. The van der Waals surface area contributed by atoms with E-state index in [9.17, 15) is 28.0 Å². The number of nitrogens with one attached hydrogen (secondary N) is 2. The Labute approximate surface area is 227 Å². The summed E-state index contributed by atoms with van der Waals surface area (Å²) in [5, 5.41) is 2.81. The van der Waals surface area contributed by atoms with Crippen LogP contribution in [0.4, 0.5) is 8.78 Å². The first kappa shape index (κ1) is 32.1. The summed E-state index contributed by atoms with van der Waals surface area (Å²) >= 11 is 0. The summed E-state index contributed by atoms with van der Waals surface area (Å²) in [4.78, 5) is 69.4. The summed E-state index contributed by atoms with van der Waals surface area (Å²) in [5.74, 6) is -0.0474. The summed E-state index contributed by atoms with van der Waals surface area (Å²) in [7, 11) is 1.42. The first-order chi connectivity index (χ1) is 18.3. The van der Waals surface area contributed by atoms with E-state index in [0.29, 0.717) is 29.9 Å². The van der Waals surface area contributed by atoms with Crippen LogP contribution in [0, 0.1) is 0 Å². The second-order valence-corrected chi connectivity index (χ2v) is 10.5. The molecule has 14 heteroatoms. The molecule has 1 aromatic heterocycles. The van der Waals surface area contributed by atoms with Gasteiger partial charge in [0.25, 0.3) is 5.91 Å². The van der Waals surface area contributed by atoms with E-state index in [1.165, 1.54) is 24.1 Å². The van der Waals surface area contributed by atoms with Gasteiger partial charge in [0.05, 0.1) is 0 Å². The van der Waals surface area contributed by atoms with Crippen LogP contribution in [0.5, 0.6) is 0 Å². The number of aromatic amines is 1. The Bertz CT molecular complexity index is 1160. The minimum Gasteiger partial charge on any atom is -0.354 e. The molecule has 4 N–H and O–H groups in total. The van der Waals surface area contributed by atoms with Gasteiger partial charge >= 0.3 is 5.66 Å². The maximum absolute atomic E-state index is 13.5. The third-order valence-corrected chi connectivity index (χ3v) is 7.13. The van der Waals surface area contributed by atoms with Crippen LogP contribution < -0.4 is 5.32 Å². The predicted molar refractivity (Wildman–Crippen MR) is 143 cm³/mol. The lowest BCUT2D eigenvalue weighted by atomic mass is 10.1. The van der Waals surface area contributed by atoms with Gasteiger partial charge in [-0.1, -0.05) is 6.07 Å². The van der Waals surface area contributed by atoms with Crippen molar-refractivity contribution in [2.45, 2.75) is 44.3 Å². The van der Waals surface area contributed by atoms with Crippen molar-refractivity contribution in [3.8, 4) is 0 Å². The van der Waals surface area contributed by atoms with Crippen molar-refractivity contribution in [2.75, 3.05) is 40.8 Å². The molecule has 2 aliphatic heterocycles. The van der Waals surface area contributed by atoms with E-state index in [1.807, 2.05) is 4.90 Å². The monoisotopic (exact) mass is 571 g/mol. The standard InChI is InChI=1S/C11H11F2N2O3P.C11H18N2O2.C3H7NO/c1-14-10(16)9-5-6-4-7(2-3-8(6)15-9)11(12,13)19(17)18;1-9(14)12-7-4-10-3-2-6-13(10)11(15)5-8-12;1-4(2)3-5/h2-5,15,17-18H,1H3,(H,14,16);10H,2-8H2,1H3;3H,1-2H3. The van der Waals surface area contributed by atoms with Gasteiger partial charge < -0.3 is 34.8 Å². The zero-order chi connectivity index (χ0) is 29.3. The zero-order valence-corrected chi connectivity index (χ0v) is 23.4. The van der Waals surface area contributed by atoms with Crippen molar-refractivity contribution in [1.29, 1.82) is 0 Å². The Morgan fingerprint density at radius 3 is 2.41 bits per heavy atom. The highest BCUT2D eigenvalue weighted by Gasteiger charge is 2.41. The fraction of sp³-hybridized carbons (Fsp3) is 0.520. The van der Waals surface area contributed by atoms with Gasteiger partial charge in [0, 0.05) is 76.6 Å². The van der Waals surface area contributed by atoms with Gasteiger partial charge in [0.2, 0.25) is 26.6 Å². The molecule has 2 saturated heterocycles. The first-order valence-corrected chi connectivity index (χ1v) is 13.6. The molecule has 2 aromatic rings. The highest BCUT2D eigenvalue weighted by molar-refractivity contribution is 7.46. The molecule has 3 heterocycles. The summed E-state index contributed by atoms with van der Waals surface area (Å²) in [5.41, 5.74) is -3.45. The molecule has 0 bridgehead atoms. The average molecular weight is 572 g/mol. The van der Waals surface area contributed by atoms with Crippen molar-refractivity contribution < 1.29 is 37.7 Å². The van der Waals surface area contributed by atoms with Crippen molar-refractivity contribution in [3.63, 3.8) is 0 Å². The van der Waals surface area contributed by atoms with Crippen LogP contribution >= 0.6 is 8.38 Å². The Morgan fingerprint density at radius 1 is 1.18 bits per heavy atom. The van der Waals surface area contributed by atoms with E-state index in [0.717, 1.165) is 50.9 Å². The van der Waals surface area contributed by atoms with Crippen molar-refractivity contribution in [3.05, 3.63) is 35.5 Å². The second-order valence-electron chi connectivity index (χ2n) is 9.39. The summed E-state index contributed by atoms with van der Waals surface area (Å²) in [6, 6.07) is 5.39. The Morgan fingerprint density at radius 2 is 1.85 bits per heavy atom. The molecule has 4 amide bonds. The van der Waals surface area contributed by atoms with Gasteiger partial charge in [-0.05, 0) is 37.5 Å². The highest BCUT2D eigenvalue weighted by atomic mass is 31.2. The lowest BCUT2D eigenvalue weighted by molar-refractivity contribution is -0.136. The van der Waals surface area contributed by atoms with Crippen LogP contribution in [0.25, 0.3) is 10.9 Å². The van der Waals surface area contributed by atoms with Crippen LogP contribution in [0.3, 0.4) is 0 Å². The number of halogens is 2. The molecule has 0 radical (unpaired) electrons. The van der Waals surface area contributed by atoms with Gasteiger partial charge in [-0.2, -0.15) is 8.78 Å². The molecule has 0 aliphatic carbocycles. The number of amides is 4. The molecule has 0 saturated carbocycles. The minimum atomic E-state index is -3.70. The topological polar surface area (TPSA) is 146 Å². The molecule has 2 fully saturated rings. The Balaban J connectivity index is 0.000000238. The van der Waals surface area contributed by atoms with Crippen LogP contribution in [-0.4, -0.2) is 100 Å². The SMILES string of the molecule is CC(=O)N1CCC(=O)N2CCCC2CC1.CN(C)C=O.CNC(=O)c1cc2cc(C(F)(F)P(O)O)ccc2[nH]1. The summed E-state index contributed by atoms with van der Waals surface area (Å²) in [6.45, 7) is 3.91. The van der Waals surface area contributed by atoms with Crippen molar-refractivity contribution in [2.24, 2.45) is 0 Å². The van der Waals surface area contributed by atoms with Gasteiger partial charge in [-0.25, -0.2) is 0 Å². The zero-order valence-electron chi connectivity index (χ0n) is 22.5. The number of nitrogens with zero attached hydrogens (tertiary/aromatic N) is 3. The number of carbonyl (C=O) groups is 4. The number of rotatable bonds is 4. The average Bonchev–Trinajstić information content (AvgIpc) is 3.53. The number of H-pyrrole nitrogens is 1. The molecule has 1 unspecified atom stereocenters. The number of hydrogen-bond acceptors (Lipinski definition) is 6. The third kappa shape index (κ3) is 8.67. The number of aromatic nitrogens is 1. The van der Waals surface area contributed by atoms with Crippen molar-refractivity contribution in [1.82, 2.24) is 25.0 Å². The van der Waals surface area contributed by atoms with Crippen LogP contribution in [0.1, 0.15) is 48.7 Å². The molecule has 1 atom stereocenters. The highest BCUT2D eigenvalue weighted by Crippen LogP contribution is 2.52. The third-order valence-electron chi connectivity index (χ3n) is 6.37. The Hall–Kier alpha value is -3.15. The molecule has 216 valence electrons. The number of hydrogen-bond donors (Lipinski definition) is 4. The van der Waals surface area contributed by atoms with E-state index in [2.05, 4.69) is 10.3 Å². The molecule has 2 aliphatic rings. The molecule has 11 nitrogen and oxygen atoms in total. The predicted octanol–water partition coefficient (Wildman–Crippen LogP) is 2.20. The van der Waals surface area contributed by atoms with E-state index >= 15 is 0 Å². The number of fused-ring (bicyclic) bond motifs is 2. The van der Waals surface area contributed by atoms with E-state index in [-0.39, 0.29) is 23.4 Å².